The summed E-state index contributed by atoms with van der Waals surface area (Å²) in [5.74, 6) is 0.199. The molecule has 0 aromatic heterocycles. The molecule has 0 saturated carbocycles. The van der Waals surface area contributed by atoms with Gasteiger partial charge < -0.3 is 15.3 Å². The smallest absolute Gasteiger partial charge is 0.255 e. The number of benzene rings is 2. The van der Waals surface area contributed by atoms with Crippen molar-refractivity contribution < 1.29 is 9.90 Å². The first kappa shape index (κ1) is 14.9. The number of para-hydroxylation sites is 1. The van der Waals surface area contributed by atoms with Gasteiger partial charge in [-0.15, -0.1) is 0 Å². The number of hydrogen-bond acceptors (Lipinski definition) is 3. The van der Waals surface area contributed by atoms with Gasteiger partial charge in [-0.05, 0) is 36.8 Å². The molecule has 0 bridgehead atoms. The SMILES string of the molecule is CCNc1ccccc1C(=O)N(C)Cc1ccc(O)cc1. The zero-order chi connectivity index (χ0) is 15.2. The van der Waals surface area contributed by atoms with Crippen LogP contribution >= 0.6 is 0 Å². The zero-order valence-electron chi connectivity index (χ0n) is 12.3. The Hall–Kier alpha value is -2.49. The second kappa shape index (κ2) is 6.79. The topological polar surface area (TPSA) is 52.6 Å². The largest absolute Gasteiger partial charge is 0.508 e. The molecule has 110 valence electrons. The van der Waals surface area contributed by atoms with E-state index in [9.17, 15) is 9.90 Å². The monoisotopic (exact) mass is 284 g/mol. The third-order valence-corrected chi connectivity index (χ3v) is 3.23. The first-order valence-electron chi connectivity index (χ1n) is 6.98. The summed E-state index contributed by atoms with van der Waals surface area (Å²) in [6, 6.07) is 14.4. The molecule has 4 nitrogen and oxygen atoms in total. The summed E-state index contributed by atoms with van der Waals surface area (Å²) in [6.07, 6.45) is 0. The highest BCUT2D eigenvalue weighted by Crippen LogP contribution is 2.18. The zero-order valence-corrected chi connectivity index (χ0v) is 12.3. The molecule has 0 spiro atoms. The molecule has 0 radical (unpaired) electrons. The third-order valence-electron chi connectivity index (χ3n) is 3.23. The maximum Gasteiger partial charge on any atom is 0.255 e. The van der Waals surface area contributed by atoms with Crippen LogP contribution in [0.4, 0.5) is 5.69 Å². The molecule has 0 heterocycles. The molecule has 21 heavy (non-hydrogen) atoms. The Kier molecular flexibility index (Phi) is 4.82. The molecule has 0 aliphatic heterocycles. The predicted molar refractivity (Wildman–Crippen MR) is 84.5 cm³/mol. The van der Waals surface area contributed by atoms with Crippen molar-refractivity contribution in [1.82, 2.24) is 4.90 Å². The Labute approximate surface area is 125 Å². The van der Waals surface area contributed by atoms with Crippen molar-refractivity contribution in [3.63, 3.8) is 0 Å². The van der Waals surface area contributed by atoms with Gasteiger partial charge in [-0.25, -0.2) is 0 Å². The highest BCUT2D eigenvalue weighted by Gasteiger charge is 2.15. The highest BCUT2D eigenvalue weighted by molar-refractivity contribution is 5.99. The lowest BCUT2D eigenvalue weighted by molar-refractivity contribution is 0.0786. The van der Waals surface area contributed by atoms with Crippen LogP contribution < -0.4 is 5.32 Å². The van der Waals surface area contributed by atoms with Crippen molar-refractivity contribution in [1.29, 1.82) is 0 Å². The van der Waals surface area contributed by atoms with E-state index in [1.807, 2.05) is 43.3 Å². The van der Waals surface area contributed by atoms with E-state index in [4.69, 9.17) is 0 Å². The average molecular weight is 284 g/mol. The molecule has 0 unspecified atom stereocenters. The van der Waals surface area contributed by atoms with E-state index >= 15 is 0 Å². The molecule has 0 fully saturated rings. The highest BCUT2D eigenvalue weighted by atomic mass is 16.3. The summed E-state index contributed by atoms with van der Waals surface area (Å²) < 4.78 is 0. The predicted octanol–water partition coefficient (Wildman–Crippen LogP) is 3.10. The fourth-order valence-corrected chi connectivity index (χ4v) is 2.17. The molecule has 1 amide bonds. The van der Waals surface area contributed by atoms with Crippen LogP contribution in [-0.2, 0) is 6.54 Å². The van der Waals surface area contributed by atoms with Gasteiger partial charge in [-0.2, -0.15) is 0 Å². The molecular weight excluding hydrogens is 264 g/mol. The summed E-state index contributed by atoms with van der Waals surface area (Å²) in [5.41, 5.74) is 2.49. The van der Waals surface area contributed by atoms with Gasteiger partial charge in [0, 0.05) is 25.8 Å². The fraction of sp³-hybridized carbons (Fsp3) is 0.235. The van der Waals surface area contributed by atoms with E-state index in [0.29, 0.717) is 12.1 Å². The molecule has 4 heteroatoms. The van der Waals surface area contributed by atoms with Gasteiger partial charge in [0.15, 0.2) is 0 Å². The normalized spacial score (nSPS) is 10.2. The summed E-state index contributed by atoms with van der Waals surface area (Å²) in [6.45, 7) is 3.27. The number of phenols is 1. The summed E-state index contributed by atoms with van der Waals surface area (Å²) in [4.78, 5) is 14.2. The average Bonchev–Trinajstić information content (AvgIpc) is 2.50. The van der Waals surface area contributed by atoms with E-state index in [1.54, 1.807) is 24.1 Å². The van der Waals surface area contributed by atoms with Gasteiger partial charge in [0.25, 0.3) is 5.91 Å². The number of carbonyl (C=O) groups excluding carboxylic acids is 1. The van der Waals surface area contributed by atoms with Crippen molar-refractivity contribution in [2.45, 2.75) is 13.5 Å². The Morgan fingerprint density at radius 2 is 1.81 bits per heavy atom. The number of phenolic OH excluding ortho intramolecular Hbond substituents is 1. The minimum atomic E-state index is -0.0281. The maximum atomic E-state index is 12.5. The Balaban J connectivity index is 2.13. The molecule has 2 aromatic carbocycles. The number of anilines is 1. The van der Waals surface area contributed by atoms with Crippen LogP contribution in [0.3, 0.4) is 0 Å². The number of nitrogens with one attached hydrogen (secondary N) is 1. The second-order valence-electron chi connectivity index (χ2n) is 4.90. The van der Waals surface area contributed by atoms with Crippen LogP contribution in [0.25, 0.3) is 0 Å². The van der Waals surface area contributed by atoms with Gasteiger partial charge in [-0.3, -0.25) is 4.79 Å². The van der Waals surface area contributed by atoms with Crippen LogP contribution in [0.2, 0.25) is 0 Å². The molecule has 2 N–H and O–H groups in total. The Bertz CT molecular complexity index is 608. The molecule has 0 saturated heterocycles. The van der Waals surface area contributed by atoms with Crippen LogP contribution in [0, 0.1) is 0 Å². The second-order valence-corrected chi connectivity index (χ2v) is 4.90. The van der Waals surface area contributed by atoms with Gasteiger partial charge in [0.1, 0.15) is 5.75 Å². The Morgan fingerprint density at radius 1 is 1.14 bits per heavy atom. The summed E-state index contributed by atoms with van der Waals surface area (Å²) in [7, 11) is 1.78. The third kappa shape index (κ3) is 3.75. The van der Waals surface area contributed by atoms with Crippen LogP contribution in [-0.4, -0.2) is 29.5 Å². The quantitative estimate of drug-likeness (QED) is 0.887. The molecule has 0 aliphatic rings. The summed E-state index contributed by atoms with van der Waals surface area (Å²) in [5, 5.41) is 12.5. The number of rotatable bonds is 5. The lowest BCUT2D eigenvalue weighted by Crippen LogP contribution is -2.27. The van der Waals surface area contributed by atoms with Crippen molar-refractivity contribution in [2.24, 2.45) is 0 Å². The first-order valence-corrected chi connectivity index (χ1v) is 6.98. The van der Waals surface area contributed by atoms with Crippen molar-refractivity contribution >= 4 is 11.6 Å². The fourth-order valence-electron chi connectivity index (χ4n) is 2.17. The van der Waals surface area contributed by atoms with E-state index < -0.39 is 0 Å². The number of aromatic hydroxyl groups is 1. The van der Waals surface area contributed by atoms with Crippen molar-refractivity contribution in [2.75, 3.05) is 18.9 Å². The lowest BCUT2D eigenvalue weighted by Gasteiger charge is -2.19. The molecule has 0 atom stereocenters. The minimum absolute atomic E-state index is 0.0281. The van der Waals surface area contributed by atoms with Gasteiger partial charge in [0.05, 0.1) is 5.56 Å². The first-order chi connectivity index (χ1) is 10.1. The van der Waals surface area contributed by atoms with E-state index in [2.05, 4.69) is 5.32 Å². The van der Waals surface area contributed by atoms with Gasteiger partial charge >= 0.3 is 0 Å². The van der Waals surface area contributed by atoms with Crippen LogP contribution in [0.5, 0.6) is 5.75 Å². The summed E-state index contributed by atoms with van der Waals surface area (Å²) >= 11 is 0. The number of carbonyl (C=O) groups is 1. The van der Waals surface area contributed by atoms with Crippen LogP contribution in [0.15, 0.2) is 48.5 Å². The molecular formula is C17H20N2O2. The van der Waals surface area contributed by atoms with Gasteiger partial charge in [0.2, 0.25) is 0 Å². The van der Waals surface area contributed by atoms with E-state index in [-0.39, 0.29) is 11.7 Å². The number of hydrogen-bond donors (Lipinski definition) is 2. The maximum absolute atomic E-state index is 12.5. The van der Waals surface area contributed by atoms with Crippen molar-refractivity contribution in [3.05, 3.63) is 59.7 Å². The minimum Gasteiger partial charge on any atom is -0.508 e. The standard InChI is InChI=1S/C17H20N2O2/c1-3-18-16-7-5-4-6-15(16)17(21)19(2)12-13-8-10-14(20)11-9-13/h4-11,18,20H,3,12H2,1-2H3. The molecule has 2 rings (SSSR count). The Morgan fingerprint density at radius 3 is 2.48 bits per heavy atom. The molecule has 2 aromatic rings. The van der Waals surface area contributed by atoms with E-state index in [0.717, 1.165) is 17.8 Å². The number of nitrogens with zero attached hydrogens (tertiary/aromatic N) is 1. The van der Waals surface area contributed by atoms with Crippen LogP contribution in [0.1, 0.15) is 22.8 Å². The van der Waals surface area contributed by atoms with E-state index in [1.165, 1.54) is 0 Å². The lowest BCUT2D eigenvalue weighted by atomic mass is 10.1. The molecule has 0 aliphatic carbocycles. The van der Waals surface area contributed by atoms with Crippen molar-refractivity contribution in [3.8, 4) is 5.75 Å². The van der Waals surface area contributed by atoms with Gasteiger partial charge in [-0.1, -0.05) is 24.3 Å². The number of amides is 1.